The summed E-state index contributed by atoms with van der Waals surface area (Å²) in [5.74, 6) is -1.41. The van der Waals surface area contributed by atoms with E-state index in [1.807, 2.05) is 0 Å². The number of hydrogen-bond donors (Lipinski definition) is 2. The van der Waals surface area contributed by atoms with Crippen molar-refractivity contribution in [1.29, 1.82) is 0 Å². The number of rotatable bonds is 6. The lowest BCUT2D eigenvalue weighted by molar-refractivity contribution is -0.139. The number of hydrogen-bond acceptors (Lipinski definition) is 3. The maximum Gasteiger partial charge on any atom is 0.419 e. The predicted octanol–water partition coefficient (Wildman–Crippen LogP) is 4.63. The van der Waals surface area contributed by atoms with Gasteiger partial charge in [-0.15, -0.1) is 0 Å². The smallest absolute Gasteiger partial charge is 0.419 e. The van der Waals surface area contributed by atoms with E-state index in [-0.39, 0.29) is 11.8 Å². The molecule has 2 aromatic rings. The molecule has 150 valence electrons. The van der Waals surface area contributed by atoms with Crippen LogP contribution in [0.4, 0.5) is 24.5 Å². The van der Waals surface area contributed by atoms with Crippen LogP contribution in [-0.4, -0.2) is 18.4 Å². The molecule has 0 bridgehead atoms. The quantitative estimate of drug-likeness (QED) is 0.751. The van der Waals surface area contributed by atoms with Crippen molar-refractivity contribution in [1.82, 2.24) is 0 Å². The van der Waals surface area contributed by atoms with Crippen molar-refractivity contribution < 1.29 is 27.5 Å². The van der Waals surface area contributed by atoms with E-state index in [0.717, 1.165) is 17.7 Å². The fraction of sp³-hybridized carbons (Fsp3) is 0.300. The molecule has 2 aromatic carbocycles. The number of halogens is 3. The van der Waals surface area contributed by atoms with Gasteiger partial charge in [0.2, 0.25) is 5.91 Å². The molecule has 0 heterocycles. The van der Waals surface area contributed by atoms with E-state index in [1.165, 1.54) is 12.1 Å². The second-order valence-electron chi connectivity index (χ2n) is 6.50. The van der Waals surface area contributed by atoms with Crippen LogP contribution in [0.1, 0.15) is 25.0 Å². The summed E-state index contributed by atoms with van der Waals surface area (Å²) >= 11 is 0. The summed E-state index contributed by atoms with van der Waals surface area (Å²) in [4.78, 5) is 23.9. The molecule has 0 fully saturated rings. The third kappa shape index (κ3) is 5.73. The van der Waals surface area contributed by atoms with Gasteiger partial charge in [0.1, 0.15) is 5.75 Å². The molecular formula is C20H21F3N2O3. The minimum absolute atomic E-state index is 0.173. The van der Waals surface area contributed by atoms with Crippen molar-refractivity contribution in [2.75, 3.05) is 17.2 Å². The zero-order valence-corrected chi connectivity index (χ0v) is 15.7. The molecular weight excluding hydrogens is 373 g/mol. The van der Waals surface area contributed by atoms with Crippen molar-refractivity contribution in [3.63, 3.8) is 0 Å². The van der Waals surface area contributed by atoms with Gasteiger partial charge in [-0.1, -0.05) is 32.0 Å². The van der Waals surface area contributed by atoms with E-state index in [4.69, 9.17) is 4.74 Å². The van der Waals surface area contributed by atoms with E-state index in [1.54, 1.807) is 39.0 Å². The predicted molar refractivity (Wildman–Crippen MR) is 100 cm³/mol. The average Bonchev–Trinajstić information content (AvgIpc) is 2.62. The number of benzene rings is 2. The number of para-hydroxylation sites is 1. The number of aryl methyl sites for hydroxylation is 1. The van der Waals surface area contributed by atoms with Crippen molar-refractivity contribution in [2.24, 2.45) is 5.92 Å². The van der Waals surface area contributed by atoms with E-state index < -0.39 is 30.0 Å². The molecule has 0 aromatic heterocycles. The Morgan fingerprint density at radius 3 is 2.39 bits per heavy atom. The number of carbonyl (C=O) groups is 2. The standard InChI is InChI=1S/C20H21F3N2O3/c1-12(2)19(27)24-14-9-8-13(3)16(10-14)25-18(26)11-28-17-7-5-4-6-15(17)20(21,22)23/h4-10,12H,11H2,1-3H3,(H,24,27)(H,25,26). The highest BCUT2D eigenvalue weighted by molar-refractivity contribution is 5.95. The molecule has 0 spiro atoms. The SMILES string of the molecule is Cc1ccc(NC(=O)C(C)C)cc1NC(=O)COc1ccccc1C(F)(F)F. The van der Waals surface area contributed by atoms with Gasteiger partial charge < -0.3 is 15.4 Å². The number of alkyl halides is 3. The maximum atomic E-state index is 13.0. The second kappa shape index (κ2) is 8.77. The Bertz CT molecular complexity index is 864. The van der Waals surface area contributed by atoms with Gasteiger partial charge in [-0.25, -0.2) is 0 Å². The molecule has 2 rings (SSSR count). The van der Waals surface area contributed by atoms with Crippen LogP contribution in [0.3, 0.4) is 0 Å². The molecule has 0 saturated heterocycles. The summed E-state index contributed by atoms with van der Waals surface area (Å²) in [6.07, 6.45) is -4.58. The van der Waals surface area contributed by atoms with E-state index >= 15 is 0 Å². The van der Waals surface area contributed by atoms with Crippen molar-refractivity contribution >= 4 is 23.2 Å². The maximum absolute atomic E-state index is 13.0. The van der Waals surface area contributed by atoms with Crippen molar-refractivity contribution in [3.05, 3.63) is 53.6 Å². The van der Waals surface area contributed by atoms with E-state index in [0.29, 0.717) is 11.4 Å². The first-order chi connectivity index (χ1) is 13.1. The highest BCUT2D eigenvalue weighted by atomic mass is 19.4. The van der Waals surface area contributed by atoms with Crippen LogP contribution in [0.2, 0.25) is 0 Å². The number of anilines is 2. The van der Waals surface area contributed by atoms with Crippen molar-refractivity contribution in [2.45, 2.75) is 26.9 Å². The van der Waals surface area contributed by atoms with Gasteiger partial charge >= 0.3 is 6.18 Å². The van der Waals surface area contributed by atoms with Crippen LogP contribution in [0, 0.1) is 12.8 Å². The van der Waals surface area contributed by atoms with Crippen molar-refractivity contribution in [3.8, 4) is 5.75 Å². The zero-order valence-electron chi connectivity index (χ0n) is 15.7. The molecule has 8 heteroatoms. The Morgan fingerprint density at radius 2 is 1.75 bits per heavy atom. The number of amides is 2. The largest absolute Gasteiger partial charge is 0.483 e. The van der Waals surface area contributed by atoms with Gasteiger partial charge in [0.05, 0.1) is 5.56 Å². The first-order valence-electron chi connectivity index (χ1n) is 8.58. The minimum atomic E-state index is -4.58. The van der Waals surface area contributed by atoms with E-state index in [2.05, 4.69) is 10.6 Å². The second-order valence-corrected chi connectivity index (χ2v) is 6.50. The summed E-state index contributed by atoms with van der Waals surface area (Å²) in [7, 11) is 0. The van der Waals surface area contributed by atoms with Crippen LogP contribution in [-0.2, 0) is 15.8 Å². The molecule has 0 aliphatic carbocycles. The fourth-order valence-electron chi connectivity index (χ4n) is 2.28. The van der Waals surface area contributed by atoms with Gasteiger partial charge in [-0.05, 0) is 36.8 Å². The first kappa shape index (κ1) is 21.3. The fourth-order valence-corrected chi connectivity index (χ4v) is 2.28. The van der Waals surface area contributed by atoms with Crippen LogP contribution >= 0.6 is 0 Å². The summed E-state index contributed by atoms with van der Waals surface area (Å²) in [6, 6.07) is 9.68. The lowest BCUT2D eigenvalue weighted by Gasteiger charge is -2.15. The Kier molecular flexibility index (Phi) is 6.66. The summed E-state index contributed by atoms with van der Waals surface area (Å²) in [5.41, 5.74) is 0.714. The first-order valence-corrected chi connectivity index (χ1v) is 8.58. The van der Waals surface area contributed by atoms with Crippen LogP contribution < -0.4 is 15.4 Å². The van der Waals surface area contributed by atoms with Crippen LogP contribution in [0.25, 0.3) is 0 Å². The lowest BCUT2D eigenvalue weighted by atomic mass is 10.1. The highest BCUT2D eigenvalue weighted by Gasteiger charge is 2.34. The van der Waals surface area contributed by atoms with Gasteiger partial charge in [-0.3, -0.25) is 9.59 Å². The van der Waals surface area contributed by atoms with Gasteiger partial charge in [-0.2, -0.15) is 13.2 Å². The third-order valence-electron chi connectivity index (χ3n) is 3.85. The van der Waals surface area contributed by atoms with Crippen LogP contribution in [0.5, 0.6) is 5.75 Å². The third-order valence-corrected chi connectivity index (χ3v) is 3.85. The lowest BCUT2D eigenvalue weighted by Crippen LogP contribution is -2.22. The topological polar surface area (TPSA) is 67.4 Å². The van der Waals surface area contributed by atoms with E-state index in [9.17, 15) is 22.8 Å². The molecule has 0 aliphatic heterocycles. The molecule has 0 unspecified atom stereocenters. The molecule has 5 nitrogen and oxygen atoms in total. The highest BCUT2D eigenvalue weighted by Crippen LogP contribution is 2.35. The minimum Gasteiger partial charge on any atom is -0.483 e. The normalized spacial score (nSPS) is 11.2. The molecule has 0 saturated carbocycles. The molecule has 0 radical (unpaired) electrons. The number of nitrogens with one attached hydrogen (secondary N) is 2. The molecule has 28 heavy (non-hydrogen) atoms. The number of ether oxygens (including phenoxy) is 1. The van der Waals surface area contributed by atoms with Gasteiger partial charge in [0, 0.05) is 17.3 Å². The Balaban J connectivity index is 2.05. The molecule has 0 atom stereocenters. The van der Waals surface area contributed by atoms with Gasteiger partial charge in [0.25, 0.3) is 5.91 Å². The average molecular weight is 394 g/mol. The van der Waals surface area contributed by atoms with Crippen LogP contribution in [0.15, 0.2) is 42.5 Å². The summed E-state index contributed by atoms with van der Waals surface area (Å²) in [6.45, 7) is 4.67. The monoisotopic (exact) mass is 394 g/mol. The molecule has 0 aliphatic rings. The van der Waals surface area contributed by atoms with Gasteiger partial charge in [0.15, 0.2) is 6.61 Å². The Morgan fingerprint density at radius 1 is 1.07 bits per heavy atom. The molecule has 2 N–H and O–H groups in total. The summed E-state index contributed by atoms with van der Waals surface area (Å²) < 4.78 is 44.0. The summed E-state index contributed by atoms with van der Waals surface area (Å²) in [5, 5.41) is 5.30. The Hall–Kier alpha value is -3.03. The molecule has 2 amide bonds. The zero-order chi connectivity index (χ0) is 20.9. The Labute approximate surface area is 160 Å². The number of carbonyl (C=O) groups excluding carboxylic acids is 2.